The smallest absolute Gasteiger partial charge is 0.260 e. The molecular weight excluding hydrogens is 332 g/mol. The van der Waals surface area contributed by atoms with E-state index in [0.717, 1.165) is 44.9 Å². The van der Waals surface area contributed by atoms with Gasteiger partial charge in [0.2, 0.25) is 0 Å². The van der Waals surface area contributed by atoms with Gasteiger partial charge >= 0.3 is 0 Å². The molecule has 5 heteroatoms. The third kappa shape index (κ3) is 4.05. The Labute approximate surface area is 153 Å². The summed E-state index contributed by atoms with van der Waals surface area (Å²) in [6.07, 6.45) is 3.53. The van der Waals surface area contributed by atoms with Gasteiger partial charge in [0.05, 0.1) is 0 Å². The van der Waals surface area contributed by atoms with Crippen LogP contribution in [0.5, 0.6) is 5.75 Å². The Bertz CT molecular complexity index is 721. The first-order valence-electron chi connectivity index (χ1n) is 9.05. The zero-order valence-electron chi connectivity index (χ0n) is 14.4. The van der Waals surface area contributed by atoms with Crippen LogP contribution in [0.4, 0.5) is 0 Å². The molecule has 25 heavy (non-hydrogen) atoms. The Morgan fingerprint density at radius 2 is 1.92 bits per heavy atom. The molecule has 1 aliphatic carbocycles. The van der Waals surface area contributed by atoms with Crippen molar-refractivity contribution >= 4 is 17.2 Å². The summed E-state index contributed by atoms with van der Waals surface area (Å²) in [5, 5.41) is 2.12. The first-order chi connectivity index (χ1) is 12.3. The number of hydrogen-bond acceptors (Lipinski definition) is 4. The molecule has 0 unspecified atom stereocenters. The molecular formula is C20H24N2O2S. The lowest BCUT2D eigenvalue weighted by atomic mass is 10.1. The fourth-order valence-electron chi connectivity index (χ4n) is 3.65. The molecule has 1 aromatic carbocycles. The van der Waals surface area contributed by atoms with Gasteiger partial charge in [-0.25, -0.2) is 0 Å². The topological polar surface area (TPSA) is 32.8 Å². The van der Waals surface area contributed by atoms with Gasteiger partial charge in [-0.05, 0) is 54.0 Å². The number of benzene rings is 1. The number of carbonyl (C=O) groups excluding carboxylic acids is 1. The third-order valence-corrected chi connectivity index (χ3v) is 5.98. The van der Waals surface area contributed by atoms with E-state index in [4.69, 9.17) is 4.74 Å². The van der Waals surface area contributed by atoms with E-state index in [1.165, 1.54) is 28.8 Å². The molecule has 1 aliphatic heterocycles. The summed E-state index contributed by atoms with van der Waals surface area (Å²) in [4.78, 5) is 18.1. The van der Waals surface area contributed by atoms with Crippen LogP contribution < -0.4 is 4.74 Å². The van der Waals surface area contributed by atoms with Crippen molar-refractivity contribution in [1.82, 2.24) is 9.80 Å². The molecule has 2 heterocycles. The Morgan fingerprint density at radius 1 is 1.08 bits per heavy atom. The Morgan fingerprint density at radius 3 is 2.72 bits per heavy atom. The fraction of sp³-hybridized carbons (Fsp3) is 0.450. The van der Waals surface area contributed by atoms with E-state index in [1.807, 2.05) is 11.0 Å². The number of rotatable bonds is 5. The second kappa shape index (κ2) is 7.58. The second-order valence-corrected chi connectivity index (χ2v) is 7.84. The molecule has 0 atom stereocenters. The largest absolute Gasteiger partial charge is 0.484 e. The first-order valence-corrected chi connectivity index (χ1v) is 9.93. The van der Waals surface area contributed by atoms with Gasteiger partial charge in [-0.1, -0.05) is 12.1 Å². The lowest BCUT2D eigenvalue weighted by Gasteiger charge is -2.34. The highest BCUT2D eigenvalue weighted by Crippen LogP contribution is 2.26. The van der Waals surface area contributed by atoms with Gasteiger partial charge in [-0.3, -0.25) is 9.69 Å². The van der Waals surface area contributed by atoms with E-state index in [-0.39, 0.29) is 12.5 Å². The summed E-state index contributed by atoms with van der Waals surface area (Å²) in [5.41, 5.74) is 2.81. The Kier molecular flexibility index (Phi) is 5.04. The summed E-state index contributed by atoms with van der Waals surface area (Å²) in [6.45, 7) is 4.58. The van der Waals surface area contributed by atoms with E-state index in [2.05, 4.69) is 34.5 Å². The molecule has 2 aliphatic rings. The molecule has 0 bridgehead atoms. The molecule has 0 spiro atoms. The van der Waals surface area contributed by atoms with Crippen LogP contribution in [0.3, 0.4) is 0 Å². The van der Waals surface area contributed by atoms with Gasteiger partial charge in [0.1, 0.15) is 5.75 Å². The van der Waals surface area contributed by atoms with Crippen molar-refractivity contribution in [2.45, 2.75) is 25.8 Å². The number of nitrogens with zero attached hydrogens (tertiary/aromatic N) is 2. The lowest BCUT2D eigenvalue weighted by molar-refractivity contribution is -0.135. The summed E-state index contributed by atoms with van der Waals surface area (Å²) in [6, 6.07) is 10.5. The highest BCUT2D eigenvalue weighted by molar-refractivity contribution is 7.09. The van der Waals surface area contributed by atoms with Crippen LogP contribution in [0, 0.1) is 0 Å². The number of ether oxygens (including phenoxy) is 1. The third-order valence-electron chi connectivity index (χ3n) is 5.12. The monoisotopic (exact) mass is 356 g/mol. The highest BCUT2D eigenvalue weighted by atomic mass is 32.1. The first kappa shape index (κ1) is 16.6. The molecule has 1 aromatic heterocycles. The minimum atomic E-state index is 0.0938. The zero-order valence-corrected chi connectivity index (χ0v) is 15.3. The standard InChI is InChI=1S/C20H24N2O2S/c23-20(15-24-18-7-6-16-3-1-4-17(16)13-18)22-10-8-21(9-11-22)14-19-5-2-12-25-19/h2,5-7,12-13H,1,3-4,8-11,14-15H2. The van der Waals surface area contributed by atoms with Crippen LogP contribution in [0.25, 0.3) is 0 Å². The molecule has 132 valence electrons. The minimum absolute atomic E-state index is 0.0938. The zero-order chi connectivity index (χ0) is 17.1. The van der Waals surface area contributed by atoms with Crippen molar-refractivity contribution in [3.8, 4) is 5.75 Å². The molecule has 0 saturated carbocycles. The molecule has 4 rings (SSSR count). The van der Waals surface area contributed by atoms with Crippen molar-refractivity contribution in [2.24, 2.45) is 0 Å². The molecule has 1 amide bonds. The normalized spacial score (nSPS) is 17.5. The maximum Gasteiger partial charge on any atom is 0.260 e. The Hall–Kier alpha value is -1.85. The number of fused-ring (bicyclic) bond motifs is 1. The quantitative estimate of drug-likeness (QED) is 0.826. The average molecular weight is 356 g/mol. The van der Waals surface area contributed by atoms with Gasteiger partial charge < -0.3 is 9.64 Å². The summed E-state index contributed by atoms with van der Waals surface area (Å²) < 4.78 is 5.76. The Balaban J connectivity index is 1.24. The second-order valence-electron chi connectivity index (χ2n) is 6.81. The molecule has 0 radical (unpaired) electrons. The van der Waals surface area contributed by atoms with E-state index in [9.17, 15) is 4.79 Å². The van der Waals surface area contributed by atoms with Crippen molar-refractivity contribution in [3.63, 3.8) is 0 Å². The van der Waals surface area contributed by atoms with E-state index in [1.54, 1.807) is 11.3 Å². The molecule has 1 saturated heterocycles. The van der Waals surface area contributed by atoms with Crippen LogP contribution in [0.2, 0.25) is 0 Å². The van der Waals surface area contributed by atoms with Crippen LogP contribution in [0.1, 0.15) is 22.4 Å². The maximum absolute atomic E-state index is 12.4. The van der Waals surface area contributed by atoms with Crippen LogP contribution in [0.15, 0.2) is 35.7 Å². The summed E-state index contributed by atoms with van der Waals surface area (Å²) in [5.74, 6) is 0.918. The number of carbonyl (C=O) groups is 1. The van der Waals surface area contributed by atoms with Gasteiger partial charge in [-0.15, -0.1) is 11.3 Å². The number of hydrogen-bond donors (Lipinski definition) is 0. The van der Waals surface area contributed by atoms with E-state index >= 15 is 0 Å². The molecule has 4 nitrogen and oxygen atoms in total. The average Bonchev–Trinajstić information content (AvgIpc) is 3.31. The SMILES string of the molecule is O=C(COc1ccc2c(c1)CCC2)N1CCN(Cc2cccs2)CC1. The summed E-state index contributed by atoms with van der Waals surface area (Å²) in [7, 11) is 0. The van der Waals surface area contributed by atoms with Crippen molar-refractivity contribution in [2.75, 3.05) is 32.8 Å². The number of piperazine rings is 1. The van der Waals surface area contributed by atoms with Crippen LogP contribution >= 0.6 is 11.3 Å². The predicted molar refractivity (Wildman–Crippen MR) is 100 cm³/mol. The number of amides is 1. The van der Waals surface area contributed by atoms with Crippen molar-refractivity contribution < 1.29 is 9.53 Å². The summed E-state index contributed by atoms with van der Waals surface area (Å²) >= 11 is 1.80. The maximum atomic E-state index is 12.4. The predicted octanol–water partition coefficient (Wildman–Crippen LogP) is 2.96. The molecule has 2 aromatic rings. The van der Waals surface area contributed by atoms with Gasteiger partial charge in [-0.2, -0.15) is 0 Å². The fourth-order valence-corrected chi connectivity index (χ4v) is 4.40. The van der Waals surface area contributed by atoms with Gasteiger partial charge in [0.25, 0.3) is 5.91 Å². The van der Waals surface area contributed by atoms with Crippen molar-refractivity contribution in [3.05, 3.63) is 51.7 Å². The van der Waals surface area contributed by atoms with Crippen LogP contribution in [-0.2, 0) is 24.2 Å². The van der Waals surface area contributed by atoms with Crippen LogP contribution in [-0.4, -0.2) is 48.5 Å². The van der Waals surface area contributed by atoms with Crippen molar-refractivity contribution in [1.29, 1.82) is 0 Å². The molecule has 1 fully saturated rings. The minimum Gasteiger partial charge on any atom is -0.484 e. The number of aryl methyl sites for hydroxylation is 2. The molecule has 0 N–H and O–H groups in total. The lowest BCUT2D eigenvalue weighted by Crippen LogP contribution is -2.49. The van der Waals surface area contributed by atoms with E-state index < -0.39 is 0 Å². The van der Waals surface area contributed by atoms with E-state index in [0.29, 0.717) is 0 Å². The van der Waals surface area contributed by atoms with Gasteiger partial charge in [0.15, 0.2) is 6.61 Å². The highest BCUT2D eigenvalue weighted by Gasteiger charge is 2.21. The van der Waals surface area contributed by atoms with Gasteiger partial charge in [0, 0.05) is 37.6 Å². The number of thiophene rings is 1.